The van der Waals surface area contributed by atoms with Crippen molar-refractivity contribution in [3.8, 4) is 34.0 Å². The highest BCUT2D eigenvalue weighted by atomic mass is 19.2. The van der Waals surface area contributed by atoms with E-state index in [-0.39, 0.29) is 11.4 Å². The number of aryl methyl sites for hydroxylation is 1. The maximum atomic E-state index is 14.4. The maximum Gasteiger partial charge on any atom is 0.333 e. The predicted octanol–water partition coefficient (Wildman–Crippen LogP) is 4.21. The Labute approximate surface area is 184 Å². The third-order valence-corrected chi connectivity index (χ3v) is 5.35. The van der Waals surface area contributed by atoms with Crippen LogP contribution in [0.1, 0.15) is 0 Å². The quantitative estimate of drug-likeness (QED) is 0.416. The number of aromatic amines is 1. The van der Waals surface area contributed by atoms with Gasteiger partial charge in [-0.15, -0.1) is 0 Å². The summed E-state index contributed by atoms with van der Waals surface area (Å²) in [5.41, 5.74) is 2.02. The van der Waals surface area contributed by atoms with Gasteiger partial charge in [-0.1, -0.05) is 0 Å². The normalized spacial score (nSPS) is 11.3. The van der Waals surface area contributed by atoms with E-state index >= 15 is 0 Å². The molecule has 0 radical (unpaired) electrons. The number of nitrogens with zero attached hydrogens (tertiary/aromatic N) is 4. The van der Waals surface area contributed by atoms with Crippen LogP contribution in [-0.4, -0.2) is 31.2 Å². The zero-order valence-corrected chi connectivity index (χ0v) is 17.4. The largest absolute Gasteiger partial charge is 0.491 e. The monoisotopic (exact) mass is 451 g/mol. The van der Waals surface area contributed by atoms with E-state index in [4.69, 9.17) is 4.74 Å². The highest BCUT2D eigenvalue weighted by Crippen LogP contribution is 2.33. The number of hydrogen-bond acceptors (Lipinski definition) is 4. The predicted molar refractivity (Wildman–Crippen MR) is 116 cm³/mol. The van der Waals surface area contributed by atoms with E-state index in [0.717, 1.165) is 39.9 Å². The summed E-state index contributed by atoms with van der Waals surface area (Å²) in [6.07, 6.45) is 6.51. The van der Waals surface area contributed by atoms with Gasteiger partial charge >= 0.3 is 5.69 Å². The average molecular weight is 451 g/mol. The fraction of sp³-hybridized carbons (Fsp3) is 0.0870. The molecule has 166 valence electrons. The molecule has 1 aromatic carbocycles. The summed E-state index contributed by atoms with van der Waals surface area (Å²) in [5.74, 6) is -5.25. The Morgan fingerprint density at radius 1 is 1.03 bits per heavy atom. The Morgan fingerprint density at radius 2 is 1.85 bits per heavy atom. The number of imidazole rings is 1. The van der Waals surface area contributed by atoms with Crippen LogP contribution in [0.2, 0.25) is 0 Å². The molecular formula is C23H16F3N5O2. The van der Waals surface area contributed by atoms with Gasteiger partial charge in [0.2, 0.25) is 5.82 Å². The van der Waals surface area contributed by atoms with Crippen LogP contribution < -0.4 is 10.4 Å². The van der Waals surface area contributed by atoms with Crippen LogP contribution in [0.25, 0.3) is 39.2 Å². The van der Waals surface area contributed by atoms with Crippen molar-refractivity contribution in [2.24, 2.45) is 7.05 Å². The molecule has 0 saturated heterocycles. The number of nitrogens with one attached hydrogen (secondary N) is 1. The molecule has 0 saturated carbocycles. The lowest BCUT2D eigenvalue weighted by atomic mass is 10.1. The number of hydrogen-bond donors (Lipinski definition) is 1. The van der Waals surface area contributed by atoms with E-state index in [9.17, 15) is 18.0 Å². The lowest BCUT2D eigenvalue weighted by Gasteiger charge is -2.13. The van der Waals surface area contributed by atoms with Crippen molar-refractivity contribution in [1.82, 2.24) is 24.1 Å². The van der Waals surface area contributed by atoms with Crippen molar-refractivity contribution < 1.29 is 17.9 Å². The van der Waals surface area contributed by atoms with Crippen LogP contribution >= 0.6 is 0 Å². The fourth-order valence-electron chi connectivity index (χ4n) is 3.74. The van der Waals surface area contributed by atoms with Gasteiger partial charge < -0.3 is 14.3 Å². The van der Waals surface area contributed by atoms with Crippen molar-refractivity contribution in [2.45, 2.75) is 0 Å². The molecule has 0 bridgehead atoms. The van der Waals surface area contributed by atoms with Crippen LogP contribution in [0.5, 0.6) is 5.75 Å². The Balaban J connectivity index is 1.71. The summed E-state index contributed by atoms with van der Waals surface area (Å²) in [6, 6.07) is 8.07. The van der Waals surface area contributed by atoms with Crippen molar-refractivity contribution in [2.75, 3.05) is 7.11 Å². The van der Waals surface area contributed by atoms with Crippen molar-refractivity contribution in [1.29, 1.82) is 0 Å². The number of benzene rings is 1. The minimum absolute atomic E-state index is 0.240. The summed E-state index contributed by atoms with van der Waals surface area (Å²) < 4.78 is 49.5. The van der Waals surface area contributed by atoms with E-state index in [1.807, 2.05) is 12.1 Å². The second-order valence-corrected chi connectivity index (χ2v) is 7.35. The van der Waals surface area contributed by atoms with Gasteiger partial charge in [0.25, 0.3) is 0 Å². The number of halogens is 3. The standard InChI is InChI=1S/C23H16F3N5O2/c1-30-11-18(31(23(30)32)17-9-15(24)19(25)20(26)21(17)33-2)16-8-12(3-5-27-16)14-7-13-4-6-28-22(13)29-10-14/h3-11H,1-2H3,(H,28,29). The number of H-pyrrole nitrogens is 1. The van der Waals surface area contributed by atoms with E-state index in [1.165, 1.54) is 17.8 Å². The van der Waals surface area contributed by atoms with Crippen LogP contribution in [0, 0.1) is 17.5 Å². The van der Waals surface area contributed by atoms with Gasteiger partial charge in [-0.05, 0) is 29.8 Å². The Morgan fingerprint density at radius 3 is 2.64 bits per heavy atom. The second kappa shape index (κ2) is 7.66. The number of fused-ring (bicyclic) bond motifs is 1. The van der Waals surface area contributed by atoms with Gasteiger partial charge in [0.15, 0.2) is 17.4 Å². The van der Waals surface area contributed by atoms with Gasteiger partial charge in [0.1, 0.15) is 5.65 Å². The molecule has 0 spiro atoms. The molecule has 0 amide bonds. The summed E-state index contributed by atoms with van der Waals surface area (Å²) in [6.45, 7) is 0. The summed E-state index contributed by atoms with van der Waals surface area (Å²) in [4.78, 5) is 24.7. The first-order chi connectivity index (χ1) is 15.9. The number of methoxy groups -OCH3 is 1. The Bertz CT molecular complexity index is 1590. The Hall–Kier alpha value is -4.34. The number of pyridine rings is 2. The average Bonchev–Trinajstić information content (AvgIpc) is 3.41. The number of rotatable bonds is 4. The third-order valence-electron chi connectivity index (χ3n) is 5.35. The topological polar surface area (TPSA) is 77.7 Å². The first-order valence-electron chi connectivity index (χ1n) is 9.79. The van der Waals surface area contributed by atoms with E-state index in [1.54, 1.807) is 30.7 Å². The van der Waals surface area contributed by atoms with E-state index in [2.05, 4.69) is 15.0 Å². The van der Waals surface area contributed by atoms with Gasteiger partial charge in [-0.3, -0.25) is 9.55 Å². The van der Waals surface area contributed by atoms with Gasteiger partial charge in [-0.2, -0.15) is 4.39 Å². The molecule has 10 heteroatoms. The summed E-state index contributed by atoms with van der Waals surface area (Å²) in [7, 11) is 2.59. The summed E-state index contributed by atoms with van der Waals surface area (Å²) in [5, 5.41) is 0.921. The van der Waals surface area contributed by atoms with Crippen molar-refractivity contribution in [3.05, 3.63) is 83.1 Å². The lowest BCUT2D eigenvalue weighted by molar-refractivity contribution is 0.358. The van der Waals surface area contributed by atoms with Gasteiger partial charge in [-0.25, -0.2) is 18.6 Å². The van der Waals surface area contributed by atoms with Crippen molar-refractivity contribution in [3.63, 3.8) is 0 Å². The van der Waals surface area contributed by atoms with Crippen LogP contribution in [0.15, 0.2) is 59.9 Å². The van der Waals surface area contributed by atoms with Crippen molar-refractivity contribution >= 4 is 11.0 Å². The third kappa shape index (κ3) is 3.27. The van der Waals surface area contributed by atoms with E-state index in [0.29, 0.717) is 5.69 Å². The second-order valence-electron chi connectivity index (χ2n) is 7.35. The molecule has 0 aliphatic carbocycles. The molecule has 5 rings (SSSR count). The molecule has 1 N–H and O–H groups in total. The molecule has 0 fully saturated rings. The van der Waals surface area contributed by atoms with Gasteiger partial charge in [0, 0.05) is 48.9 Å². The fourth-order valence-corrected chi connectivity index (χ4v) is 3.74. The molecule has 0 aliphatic heterocycles. The molecule has 7 nitrogen and oxygen atoms in total. The smallest absolute Gasteiger partial charge is 0.333 e. The first-order valence-corrected chi connectivity index (χ1v) is 9.79. The zero-order chi connectivity index (χ0) is 23.3. The zero-order valence-electron chi connectivity index (χ0n) is 17.4. The van der Waals surface area contributed by atoms with Crippen LogP contribution in [0.3, 0.4) is 0 Å². The highest BCUT2D eigenvalue weighted by Gasteiger charge is 2.25. The minimum atomic E-state index is -1.69. The van der Waals surface area contributed by atoms with Gasteiger partial charge in [0.05, 0.1) is 24.2 Å². The molecule has 0 unspecified atom stereocenters. The molecule has 0 aliphatic rings. The maximum absolute atomic E-state index is 14.4. The molecule has 4 heterocycles. The molecule has 5 aromatic rings. The molecular weight excluding hydrogens is 435 g/mol. The molecule has 0 atom stereocenters. The lowest BCUT2D eigenvalue weighted by Crippen LogP contribution is -2.22. The van der Waals surface area contributed by atoms with Crippen LogP contribution in [0.4, 0.5) is 13.2 Å². The van der Waals surface area contributed by atoms with Crippen LogP contribution in [-0.2, 0) is 7.05 Å². The summed E-state index contributed by atoms with van der Waals surface area (Å²) >= 11 is 0. The first kappa shape index (κ1) is 20.6. The molecule has 33 heavy (non-hydrogen) atoms. The number of ether oxygens (including phenoxy) is 1. The highest BCUT2D eigenvalue weighted by molar-refractivity contribution is 5.82. The van der Waals surface area contributed by atoms with E-state index < -0.39 is 28.9 Å². The minimum Gasteiger partial charge on any atom is -0.491 e. The SMILES string of the molecule is COc1c(-n2c(-c3cc(-c4cnc5[nH]ccc5c4)ccn3)cn(C)c2=O)cc(F)c(F)c1F. The number of aromatic nitrogens is 5. The molecule has 4 aromatic heterocycles. The Kier molecular flexibility index (Phi) is 4.77.